The van der Waals surface area contributed by atoms with Crippen molar-refractivity contribution >= 4 is 11.3 Å². The molecule has 0 atom stereocenters. The quantitative estimate of drug-likeness (QED) is 0.884. The lowest BCUT2D eigenvalue weighted by molar-refractivity contribution is 0.0587. The molecule has 1 fully saturated rings. The van der Waals surface area contributed by atoms with E-state index in [0.717, 1.165) is 19.0 Å². The highest BCUT2D eigenvalue weighted by Crippen LogP contribution is 2.37. The minimum atomic E-state index is 0.246. The van der Waals surface area contributed by atoms with Crippen LogP contribution >= 0.6 is 11.3 Å². The number of likely N-dealkylation sites (N-methyl/N-ethyl adjacent to an activating group) is 1. The Hall–Kier alpha value is -0.380. The van der Waals surface area contributed by atoms with Crippen molar-refractivity contribution < 1.29 is 0 Å². The van der Waals surface area contributed by atoms with E-state index in [2.05, 4.69) is 36.4 Å². The number of hydrogen-bond donors (Lipinski definition) is 1. The summed E-state index contributed by atoms with van der Waals surface area (Å²) in [6.45, 7) is 4.16. The maximum absolute atomic E-state index is 6.12. The summed E-state index contributed by atoms with van der Waals surface area (Å²) >= 11 is 1.85. The predicted molar refractivity (Wildman–Crippen MR) is 79.8 cm³/mol. The van der Waals surface area contributed by atoms with Gasteiger partial charge in [-0.25, -0.2) is 0 Å². The third kappa shape index (κ3) is 2.95. The molecular weight excluding hydrogens is 240 g/mol. The molecule has 0 radical (unpaired) electrons. The first-order chi connectivity index (χ1) is 8.70. The van der Waals surface area contributed by atoms with Gasteiger partial charge in [0.05, 0.1) is 0 Å². The van der Waals surface area contributed by atoms with Gasteiger partial charge in [0, 0.05) is 23.5 Å². The van der Waals surface area contributed by atoms with Crippen molar-refractivity contribution in [1.29, 1.82) is 0 Å². The lowest BCUT2D eigenvalue weighted by Crippen LogP contribution is -2.53. The summed E-state index contributed by atoms with van der Waals surface area (Å²) < 4.78 is 0. The van der Waals surface area contributed by atoms with E-state index in [1.165, 1.54) is 37.0 Å². The number of nitrogens with zero attached hydrogens (tertiary/aromatic N) is 1. The van der Waals surface area contributed by atoms with Gasteiger partial charge < -0.3 is 5.73 Å². The predicted octanol–water partition coefficient (Wildman–Crippen LogP) is 3.48. The molecule has 1 aromatic heterocycles. The topological polar surface area (TPSA) is 29.3 Å². The van der Waals surface area contributed by atoms with Gasteiger partial charge in [-0.3, -0.25) is 4.90 Å². The van der Waals surface area contributed by atoms with Crippen molar-refractivity contribution in [3.05, 3.63) is 22.4 Å². The number of thiophene rings is 1. The second kappa shape index (κ2) is 6.18. The molecule has 3 heteroatoms. The summed E-state index contributed by atoms with van der Waals surface area (Å²) in [6, 6.07) is 4.36. The molecule has 1 aliphatic carbocycles. The second-order valence-electron chi connectivity index (χ2n) is 5.72. The van der Waals surface area contributed by atoms with E-state index in [-0.39, 0.29) is 5.54 Å². The van der Waals surface area contributed by atoms with E-state index in [0.29, 0.717) is 0 Å². The van der Waals surface area contributed by atoms with Crippen LogP contribution in [0.5, 0.6) is 0 Å². The van der Waals surface area contributed by atoms with Crippen LogP contribution in [-0.2, 0) is 6.54 Å². The molecule has 1 aromatic rings. The van der Waals surface area contributed by atoms with Crippen LogP contribution in [0.2, 0.25) is 0 Å². The molecule has 0 unspecified atom stereocenters. The van der Waals surface area contributed by atoms with Crippen LogP contribution in [0.15, 0.2) is 17.5 Å². The Morgan fingerprint density at radius 1 is 1.44 bits per heavy atom. The minimum Gasteiger partial charge on any atom is -0.329 e. The van der Waals surface area contributed by atoms with Gasteiger partial charge in [-0.05, 0) is 50.1 Å². The van der Waals surface area contributed by atoms with E-state index in [4.69, 9.17) is 5.73 Å². The molecule has 2 N–H and O–H groups in total. The van der Waals surface area contributed by atoms with Crippen LogP contribution in [0, 0.1) is 5.92 Å². The fraction of sp³-hybridized carbons (Fsp3) is 0.733. The van der Waals surface area contributed by atoms with Crippen molar-refractivity contribution in [3.63, 3.8) is 0 Å². The van der Waals surface area contributed by atoms with Crippen LogP contribution in [0.1, 0.15) is 43.9 Å². The van der Waals surface area contributed by atoms with Crippen LogP contribution in [0.3, 0.4) is 0 Å². The Morgan fingerprint density at radius 2 is 2.17 bits per heavy atom. The first kappa shape index (κ1) is 14.0. The average Bonchev–Trinajstić information content (AvgIpc) is 2.91. The first-order valence-corrected chi connectivity index (χ1v) is 8.02. The minimum absolute atomic E-state index is 0.246. The van der Waals surface area contributed by atoms with Crippen molar-refractivity contribution in [2.75, 3.05) is 13.6 Å². The monoisotopic (exact) mass is 266 g/mol. The van der Waals surface area contributed by atoms with Crippen molar-refractivity contribution in [1.82, 2.24) is 4.90 Å². The average molecular weight is 266 g/mol. The molecule has 0 amide bonds. The van der Waals surface area contributed by atoms with E-state index < -0.39 is 0 Å². The van der Waals surface area contributed by atoms with Gasteiger partial charge in [-0.2, -0.15) is 0 Å². The maximum atomic E-state index is 6.12. The van der Waals surface area contributed by atoms with Gasteiger partial charge in [0.2, 0.25) is 0 Å². The van der Waals surface area contributed by atoms with E-state index in [9.17, 15) is 0 Å². The second-order valence-corrected chi connectivity index (χ2v) is 6.75. The molecule has 2 rings (SSSR count). The van der Waals surface area contributed by atoms with Crippen molar-refractivity contribution in [2.45, 2.75) is 51.1 Å². The highest BCUT2D eigenvalue weighted by molar-refractivity contribution is 7.09. The van der Waals surface area contributed by atoms with Gasteiger partial charge in [-0.1, -0.05) is 19.4 Å². The van der Waals surface area contributed by atoms with Crippen LogP contribution in [-0.4, -0.2) is 24.0 Å². The van der Waals surface area contributed by atoms with E-state index in [1.54, 1.807) is 0 Å². The van der Waals surface area contributed by atoms with Crippen LogP contribution in [0.4, 0.5) is 0 Å². The first-order valence-electron chi connectivity index (χ1n) is 7.14. The van der Waals surface area contributed by atoms with Crippen molar-refractivity contribution in [3.8, 4) is 0 Å². The van der Waals surface area contributed by atoms with E-state index in [1.807, 2.05) is 11.3 Å². The van der Waals surface area contributed by atoms with Crippen LogP contribution < -0.4 is 5.73 Å². The Morgan fingerprint density at radius 3 is 2.67 bits per heavy atom. The molecule has 2 nitrogen and oxygen atoms in total. The SMILES string of the molecule is CCC1CCC(CN)(N(C)Cc2cccs2)CC1. The third-order valence-corrected chi connectivity index (χ3v) is 5.64. The Balaban J connectivity index is 1.99. The zero-order valence-electron chi connectivity index (χ0n) is 11.7. The molecule has 0 spiro atoms. The van der Waals surface area contributed by atoms with Gasteiger partial charge in [0.25, 0.3) is 0 Å². The summed E-state index contributed by atoms with van der Waals surface area (Å²) in [4.78, 5) is 3.95. The summed E-state index contributed by atoms with van der Waals surface area (Å²) in [5.41, 5.74) is 6.36. The standard InChI is InChI=1S/C15H26N2S/c1-3-13-6-8-15(12-16,9-7-13)17(2)11-14-5-4-10-18-14/h4-5,10,13H,3,6-9,11-12,16H2,1-2H3. The highest BCUT2D eigenvalue weighted by atomic mass is 32.1. The van der Waals surface area contributed by atoms with Gasteiger partial charge in [0.1, 0.15) is 0 Å². The molecule has 0 aliphatic heterocycles. The number of hydrogen-bond acceptors (Lipinski definition) is 3. The largest absolute Gasteiger partial charge is 0.329 e. The normalized spacial score (nSPS) is 28.8. The molecule has 102 valence electrons. The lowest BCUT2D eigenvalue weighted by atomic mass is 9.74. The molecule has 0 bridgehead atoms. The van der Waals surface area contributed by atoms with Crippen molar-refractivity contribution in [2.24, 2.45) is 11.7 Å². The zero-order valence-corrected chi connectivity index (χ0v) is 12.5. The van der Waals surface area contributed by atoms with Crippen LogP contribution in [0.25, 0.3) is 0 Å². The molecular formula is C15H26N2S. The molecule has 1 heterocycles. The molecule has 0 aromatic carbocycles. The Labute approximate surface area is 115 Å². The summed E-state index contributed by atoms with van der Waals surface area (Å²) in [6.07, 6.45) is 6.56. The van der Waals surface area contributed by atoms with E-state index >= 15 is 0 Å². The maximum Gasteiger partial charge on any atom is 0.0332 e. The summed E-state index contributed by atoms with van der Waals surface area (Å²) in [7, 11) is 2.25. The van der Waals surface area contributed by atoms with Gasteiger partial charge in [0.15, 0.2) is 0 Å². The van der Waals surface area contributed by atoms with Gasteiger partial charge >= 0.3 is 0 Å². The van der Waals surface area contributed by atoms with Gasteiger partial charge in [-0.15, -0.1) is 11.3 Å². The molecule has 1 aliphatic rings. The third-order valence-electron chi connectivity index (χ3n) is 4.78. The number of nitrogens with two attached hydrogens (primary N) is 1. The molecule has 0 saturated heterocycles. The molecule has 1 saturated carbocycles. The Bertz CT molecular complexity index is 339. The highest BCUT2D eigenvalue weighted by Gasteiger charge is 2.37. The fourth-order valence-corrected chi connectivity index (χ4v) is 3.93. The zero-order chi connectivity index (χ0) is 13.0. The fourth-order valence-electron chi connectivity index (χ4n) is 3.17. The Kier molecular flexibility index (Phi) is 4.82. The summed E-state index contributed by atoms with van der Waals surface area (Å²) in [5, 5.41) is 2.16. The molecule has 18 heavy (non-hydrogen) atoms. The summed E-state index contributed by atoms with van der Waals surface area (Å²) in [5.74, 6) is 0.930. The number of rotatable bonds is 5. The lowest BCUT2D eigenvalue weighted by Gasteiger charge is -2.46. The smallest absolute Gasteiger partial charge is 0.0332 e.